The van der Waals surface area contributed by atoms with E-state index < -0.39 is 21.3 Å². The Kier molecular flexibility index (Phi) is 9.14. The second-order valence-corrected chi connectivity index (χ2v) is 11.1. The highest BCUT2D eigenvalue weighted by molar-refractivity contribution is 7.89. The van der Waals surface area contributed by atoms with E-state index in [0.29, 0.717) is 34.9 Å². The summed E-state index contributed by atoms with van der Waals surface area (Å²) < 4.78 is 40.3. The van der Waals surface area contributed by atoms with Gasteiger partial charge in [0.05, 0.1) is 19.9 Å². The lowest BCUT2D eigenvalue weighted by Gasteiger charge is -2.22. The number of hydrogen-bond donors (Lipinski definition) is 2. The molecule has 0 aliphatic carbocycles. The van der Waals surface area contributed by atoms with Crippen LogP contribution in [0, 0.1) is 0 Å². The Morgan fingerprint density at radius 2 is 1.68 bits per heavy atom. The van der Waals surface area contributed by atoms with Gasteiger partial charge >= 0.3 is 0 Å². The Balaban J connectivity index is 1.53. The average Bonchev–Trinajstić information content (AvgIpc) is 3.48. The van der Waals surface area contributed by atoms with Gasteiger partial charge in [-0.15, -0.1) is 11.6 Å². The van der Waals surface area contributed by atoms with Crippen LogP contribution in [0.5, 0.6) is 11.5 Å². The van der Waals surface area contributed by atoms with E-state index >= 15 is 0 Å². The van der Waals surface area contributed by atoms with Crippen molar-refractivity contribution < 1.29 is 22.7 Å². The SMILES string of the molecule is COc1ccc(CCNS(=O)(=O)c2cc(NC(=O)C(Cl)c3ccccc3)ccc2N2CCCC2)cc1OC. The number of benzene rings is 3. The van der Waals surface area contributed by atoms with Gasteiger partial charge in [0.2, 0.25) is 15.9 Å². The highest BCUT2D eigenvalue weighted by Crippen LogP contribution is 2.32. The van der Waals surface area contributed by atoms with Crippen LogP contribution in [-0.4, -0.2) is 48.2 Å². The third-order valence-corrected chi connectivity index (χ3v) is 8.38. The lowest BCUT2D eigenvalue weighted by molar-refractivity contribution is -0.116. The van der Waals surface area contributed by atoms with Gasteiger partial charge in [0.1, 0.15) is 10.3 Å². The van der Waals surface area contributed by atoms with Gasteiger partial charge in [-0.05, 0) is 60.7 Å². The van der Waals surface area contributed by atoms with Crippen molar-refractivity contribution in [3.8, 4) is 11.5 Å². The van der Waals surface area contributed by atoms with Crippen molar-refractivity contribution in [1.29, 1.82) is 0 Å². The number of halogens is 1. The molecule has 1 atom stereocenters. The number of rotatable bonds is 11. The summed E-state index contributed by atoms with van der Waals surface area (Å²) in [5, 5.41) is 1.86. The fourth-order valence-electron chi connectivity index (χ4n) is 4.45. The predicted octanol–water partition coefficient (Wildman–Crippen LogP) is 4.74. The number of amides is 1. The fraction of sp³-hybridized carbons (Fsp3) is 0.321. The van der Waals surface area contributed by atoms with E-state index in [1.165, 1.54) is 6.07 Å². The molecule has 1 unspecified atom stereocenters. The van der Waals surface area contributed by atoms with Crippen LogP contribution in [0.25, 0.3) is 0 Å². The molecule has 202 valence electrons. The van der Waals surface area contributed by atoms with Crippen LogP contribution >= 0.6 is 11.6 Å². The van der Waals surface area contributed by atoms with Crippen LogP contribution in [0.15, 0.2) is 71.6 Å². The second-order valence-electron chi connectivity index (χ2n) is 8.98. The first kappa shape index (κ1) is 27.8. The summed E-state index contributed by atoms with van der Waals surface area (Å²) in [5.41, 5.74) is 2.54. The number of hydrogen-bond acceptors (Lipinski definition) is 6. The van der Waals surface area contributed by atoms with E-state index in [4.69, 9.17) is 21.1 Å². The first-order valence-electron chi connectivity index (χ1n) is 12.4. The van der Waals surface area contributed by atoms with Gasteiger partial charge in [0.25, 0.3) is 0 Å². The number of methoxy groups -OCH3 is 2. The maximum atomic E-state index is 13.5. The predicted molar refractivity (Wildman–Crippen MR) is 150 cm³/mol. The van der Waals surface area contributed by atoms with Gasteiger partial charge < -0.3 is 19.7 Å². The Hall–Kier alpha value is -3.27. The topological polar surface area (TPSA) is 97.0 Å². The molecule has 0 spiro atoms. The molecule has 2 N–H and O–H groups in total. The first-order chi connectivity index (χ1) is 18.3. The molecule has 0 radical (unpaired) electrons. The minimum atomic E-state index is -3.89. The largest absolute Gasteiger partial charge is 0.493 e. The van der Waals surface area contributed by atoms with E-state index in [1.807, 2.05) is 18.2 Å². The minimum absolute atomic E-state index is 0.121. The van der Waals surface area contributed by atoms with E-state index in [-0.39, 0.29) is 11.4 Å². The molecule has 1 amide bonds. The molecule has 38 heavy (non-hydrogen) atoms. The third kappa shape index (κ3) is 6.59. The van der Waals surface area contributed by atoms with Gasteiger partial charge in [-0.3, -0.25) is 4.79 Å². The van der Waals surface area contributed by atoms with Crippen LogP contribution < -0.4 is 24.4 Å². The molecule has 0 aromatic heterocycles. The summed E-state index contributed by atoms with van der Waals surface area (Å²) in [6.45, 7) is 1.74. The lowest BCUT2D eigenvalue weighted by atomic mass is 10.1. The van der Waals surface area contributed by atoms with E-state index in [2.05, 4.69) is 14.9 Å². The average molecular weight is 558 g/mol. The summed E-state index contributed by atoms with van der Waals surface area (Å²) in [5.74, 6) is 0.759. The monoisotopic (exact) mass is 557 g/mol. The molecule has 1 aliphatic rings. The summed E-state index contributed by atoms with van der Waals surface area (Å²) in [6, 6.07) is 19.4. The zero-order valence-corrected chi connectivity index (χ0v) is 23.0. The quantitative estimate of drug-likeness (QED) is 0.330. The highest BCUT2D eigenvalue weighted by atomic mass is 35.5. The third-order valence-electron chi connectivity index (χ3n) is 6.44. The molecule has 0 saturated carbocycles. The van der Waals surface area contributed by atoms with Crippen molar-refractivity contribution in [3.63, 3.8) is 0 Å². The zero-order valence-electron chi connectivity index (χ0n) is 21.4. The summed E-state index contributed by atoms with van der Waals surface area (Å²) >= 11 is 6.37. The molecule has 1 aliphatic heterocycles. The maximum Gasteiger partial charge on any atom is 0.246 e. The smallest absolute Gasteiger partial charge is 0.246 e. The van der Waals surface area contributed by atoms with Crippen molar-refractivity contribution in [1.82, 2.24) is 4.72 Å². The number of nitrogens with one attached hydrogen (secondary N) is 2. The summed E-state index contributed by atoms with van der Waals surface area (Å²) in [7, 11) is -0.767. The number of ether oxygens (including phenoxy) is 2. The molecule has 3 aromatic rings. The van der Waals surface area contributed by atoms with Gasteiger partial charge in [-0.2, -0.15) is 0 Å². The summed E-state index contributed by atoms with van der Waals surface area (Å²) in [6.07, 6.45) is 2.45. The molecule has 8 nitrogen and oxygen atoms in total. The van der Waals surface area contributed by atoms with Crippen molar-refractivity contribution in [2.24, 2.45) is 0 Å². The minimum Gasteiger partial charge on any atom is -0.493 e. The Morgan fingerprint density at radius 1 is 0.974 bits per heavy atom. The van der Waals surface area contributed by atoms with Gasteiger partial charge in [-0.1, -0.05) is 36.4 Å². The number of carbonyl (C=O) groups is 1. The zero-order chi connectivity index (χ0) is 27.1. The number of nitrogens with zero attached hydrogens (tertiary/aromatic N) is 1. The molecule has 1 heterocycles. The standard InChI is InChI=1S/C28H32ClN3O5S/c1-36-24-13-10-20(18-25(24)37-2)14-15-30-38(34,35)26-19-22(11-12-23(26)32-16-6-7-17-32)31-28(33)27(29)21-8-4-3-5-9-21/h3-5,8-13,18-19,27,30H,6-7,14-17H2,1-2H3,(H,31,33). The van der Waals surface area contributed by atoms with Gasteiger partial charge in [0.15, 0.2) is 11.5 Å². The molecule has 1 fully saturated rings. The van der Waals surface area contributed by atoms with Gasteiger partial charge in [-0.25, -0.2) is 13.1 Å². The van der Waals surface area contributed by atoms with E-state index in [1.54, 1.807) is 56.7 Å². The number of sulfonamides is 1. The number of carbonyl (C=O) groups excluding carboxylic acids is 1. The molecule has 0 bridgehead atoms. The Morgan fingerprint density at radius 3 is 2.37 bits per heavy atom. The summed E-state index contributed by atoms with van der Waals surface area (Å²) in [4.78, 5) is 15.0. The highest BCUT2D eigenvalue weighted by Gasteiger charge is 2.25. The normalized spacial score (nSPS) is 14.2. The lowest BCUT2D eigenvalue weighted by Crippen LogP contribution is -2.29. The molecular formula is C28H32ClN3O5S. The Labute approximate surface area is 229 Å². The number of alkyl halides is 1. The van der Waals surface area contributed by atoms with Gasteiger partial charge in [0, 0.05) is 25.3 Å². The van der Waals surface area contributed by atoms with Crippen molar-refractivity contribution in [2.75, 3.05) is 44.1 Å². The molecule has 4 rings (SSSR count). The van der Waals surface area contributed by atoms with E-state index in [9.17, 15) is 13.2 Å². The van der Waals surface area contributed by atoms with Crippen LogP contribution in [0.4, 0.5) is 11.4 Å². The fourth-order valence-corrected chi connectivity index (χ4v) is 5.93. The Bertz CT molecular complexity index is 1360. The second kappa shape index (κ2) is 12.5. The molecule has 10 heteroatoms. The van der Waals surface area contributed by atoms with Crippen LogP contribution in [0.2, 0.25) is 0 Å². The van der Waals surface area contributed by atoms with Crippen LogP contribution in [-0.2, 0) is 21.2 Å². The van der Waals surface area contributed by atoms with Crippen molar-refractivity contribution >= 4 is 38.9 Å². The van der Waals surface area contributed by atoms with Crippen LogP contribution in [0.3, 0.4) is 0 Å². The molecule has 3 aromatic carbocycles. The maximum absolute atomic E-state index is 13.5. The van der Waals surface area contributed by atoms with Crippen molar-refractivity contribution in [2.45, 2.75) is 29.5 Å². The van der Waals surface area contributed by atoms with E-state index in [0.717, 1.165) is 31.5 Å². The first-order valence-corrected chi connectivity index (χ1v) is 14.3. The van der Waals surface area contributed by atoms with Crippen LogP contribution in [0.1, 0.15) is 29.3 Å². The van der Waals surface area contributed by atoms with Crippen molar-refractivity contribution in [3.05, 3.63) is 77.9 Å². The number of anilines is 2. The molecular weight excluding hydrogens is 526 g/mol. The molecule has 1 saturated heterocycles.